The Hall–Kier alpha value is -2.19. The molecule has 2 amide bonds. The molecule has 1 unspecified atom stereocenters. The maximum absolute atomic E-state index is 14.4. The van der Waals surface area contributed by atoms with E-state index >= 15 is 0 Å². The van der Waals surface area contributed by atoms with Crippen LogP contribution in [0.5, 0.6) is 0 Å². The van der Waals surface area contributed by atoms with Gasteiger partial charge in [-0.15, -0.1) is 0 Å². The highest BCUT2D eigenvalue weighted by atomic mass is 16.6. The van der Waals surface area contributed by atoms with Crippen molar-refractivity contribution in [1.29, 1.82) is 0 Å². The van der Waals surface area contributed by atoms with E-state index in [1.54, 1.807) is 9.80 Å². The van der Waals surface area contributed by atoms with Gasteiger partial charge < -0.3 is 24.4 Å². The maximum atomic E-state index is 14.4. The number of nitrogens with zero attached hydrogens (tertiary/aromatic N) is 2. The molecule has 0 bridgehead atoms. The Morgan fingerprint density at radius 2 is 1.81 bits per heavy atom. The molecule has 0 aromatic carbocycles. The highest BCUT2D eigenvalue weighted by molar-refractivity contribution is 5.99. The fourth-order valence-electron chi connectivity index (χ4n) is 6.67. The summed E-state index contributed by atoms with van der Waals surface area (Å²) in [6.45, 7) is 10.3. The molecule has 6 atom stereocenters. The molecule has 4 aliphatic rings. The van der Waals surface area contributed by atoms with Gasteiger partial charge in [0.2, 0.25) is 11.8 Å². The predicted octanol–water partition coefficient (Wildman–Crippen LogP) is 2.84. The van der Waals surface area contributed by atoms with Crippen LogP contribution in [0.3, 0.4) is 0 Å². The van der Waals surface area contributed by atoms with E-state index in [4.69, 9.17) is 9.47 Å². The van der Waals surface area contributed by atoms with Gasteiger partial charge in [-0.05, 0) is 51.9 Å². The molecule has 8 nitrogen and oxygen atoms in total. The largest absolute Gasteiger partial charge is 0.465 e. The standard InChI is InChI=1S/C28H42N2O6/c1-6-27-12-9-7-8-10-15-35-26(34)22(27)21-24(32)30(20(17-31)16-18(2)3)23-25(33)29(19(4)5)14-11-13-28(21,23)36-27/h9,11-13,18-23,31H,6-8,10,14-17H2,1-5H3/b12-9-/t20-,21+,22-,23?,27+,28+/m1/s1. The summed E-state index contributed by atoms with van der Waals surface area (Å²) in [5, 5.41) is 10.4. The van der Waals surface area contributed by atoms with Gasteiger partial charge in [0.15, 0.2) is 0 Å². The lowest BCUT2D eigenvalue weighted by atomic mass is 9.73. The SMILES string of the molecule is CC[C@]12/C=C\CCCCOC(=O)[C@H]1[C@H]1C(=O)N([C@@H](CO)CC(C)C)C3C(=O)N(C(C)C)CC=C[C@@]31O2. The number of allylic oxidation sites excluding steroid dienone is 1. The molecular formula is C28H42N2O6. The summed E-state index contributed by atoms with van der Waals surface area (Å²) >= 11 is 0. The summed E-state index contributed by atoms with van der Waals surface area (Å²) in [5.41, 5.74) is -2.37. The molecule has 0 aromatic heterocycles. The Bertz CT molecular complexity index is 929. The summed E-state index contributed by atoms with van der Waals surface area (Å²) in [6, 6.07) is -1.60. The van der Waals surface area contributed by atoms with Crippen LogP contribution in [0, 0.1) is 17.8 Å². The Balaban J connectivity index is 1.92. The first kappa shape index (κ1) is 26.9. The monoisotopic (exact) mass is 502 g/mol. The van der Waals surface area contributed by atoms with Crippen molar-refractivity contribution >= 4 is 17.8 Å². The first-order valence-corrected chi connectivity index (χ1v) is 13.6. The normalized spacial score (nSPS) is 36.4. The molecule has 36 heavy (non-hydrogen) atoms. The topological polar surface area (TPSA) is 96.4 Å². The predicted molar refractivity (Wildman–Crippen MR) is 135 cm³/mol. The second-order valence-electron chi connectivity index (χ2n) is 11.4. The molecule has 4 aliphatic heterocycles. The van der Waals surface area contributed by atoms with E-state index in [2.05, 4.69) is 0 Å². The number of ether oxygens (including phenoxy) is 2. The highest BCUT2D eigenvalue weighted by Gasteiger charge is 2.75. The van der Waals surface area contributed by atoms with Gasteiger partial charge in [-0.1, -0.05) is 45.1 Å². The average molecular weight is 503 g/mol. The van der Waals surface area contributed by atoms with E-state index in [1.807, 2.05) is 58.9 Å². The number of carbonyl (C=O) groups excluding carboxylic acids is 3. The Kier molecular flexibility index (Phi) is 7.68. The fraction of sp³-hybridized carbons (Fsp3) is 0.750. The van der Waals surface area contributed by atoms with Gasteiger partial charge in [0.25, 0.3) is 0 Å². The summed E-state index contributed by atoms with van der Waals surface area (Å²) < 4.78 is 12.6. The van der Waals surface area contributed by atoms with Crippen LogP contribution in [0.1, 0.15) is 66.7 Å². The zero-order chi connectivity index (χ0) is 26.3. The minimum absolute atomic E-state index is 0.0851. The summed E-state index contributed by atoms with van der Waals surface area (Å²) in [4.78, 5) is 45.5. The van der Waals surface area contributed by atoms with E-state index in [-0.39, 0.29) is 30.4 Å². The molecule has 4 rings (SSSR count). The van der Waals surface area contributed by atoms with E-state index < -0.39 is 41.1 Å². The second kappa shape index (κ2) is 10.3. The number of fused-ring (bicyclic) bond motifs is 2. The number of cyclic esters (lactones) is 1. The van der Waals surface area contributed by atoms with Crippen LogP contribution in [0.25, 0.3) is 0 Å². The molecule has 2 fully saturated rings. The van der Waals surface area contributed by atoms with Crippen molar-refractivity contribution in [3.8, 4) is 0 Å². The summed E-state index contributed by atoms with van der Waals surface area (Å²) in [7, 11) is 0. The Labute approximate surface area is 214 Å². The average Bonchev–Trinajstić information content (AvgIpc) is 3.19. The molecule has 1 N–H and O–H groups in total. The molecule has 8 heteroatoms. The van der Waals surface area contributed by atoms with Crippen molar-refractivity contribution in [2.24, 2.45) is 17.8 Å². The number of carbonyl (C=O) groups is 3. The number of esters is 1. The zero-order valence-electron chi connectivity index (χ0n) is 22.3. The van der Waals surface area contributed by atoms with Crippen LogP contribution < -0.4 is 0 Å². The van der Waals surface area contributed by atoms with Gasteiger partial charge in [-0.25, -0.2) is 0 Å². The number of aliphatic hydroxyl groups excluding tert-OH is 1. The van der Waals surface area contributed by atoms with E-state index in [1.165, 1.54) is 0 Å². The number of hydrogen-bond acceptors (Lipinski definition) is 6. The molecule has 2 saturated heterocycles. The van der Waals surface area contributed by atoms with Crippen molar-refractivity contribution in [3.63, 3.8) is 0 Å². The molecule has 0 aliphatic carbocycles. The molecule has 0 saturated carbocycles. The van der Waals surface area contributed by atoms with Crippen LogP contribution in [0.4, 0.5) is 0 Å². The minimum atomic E-state index is -1.32. The lowest BCUT2D eigenvalue weighted by Gasteiger charge is -2.41. The quantitative estimate of drug-likeness (QED) is 0.443. The van der Waals surface area contributed by atoms with Crippen molar-refractivity contribution in [1.82, 2.24) is 9.80 Å². The van der Waals surface area contributed by atoms with Gasteiger partial charge >= 0.3 is 5.97 Å². The zero-order valence-corrected chi connectivity index (χ0v) is 22.3. The van der Waals surface area contributed by atoms with Crippen molar-refractivity contribution in [2.45, 2.75) is 96.1 Å². The maximum Gasteiger partial charge on any atom is 0.313 e. The number of amides is 2. The third-order valence-electron chi connectivity index (χ3n) is 8.32. The Morgan fingerprint density at radius 1 is 1.06 bits per heavy atom. The third kappa shape index (κ3) is 4.20. The molecule has 0 radical (unpaired) electrons. The Morgan fingerprint density at radius 3 is 2.44 bits per heavy atom. The minimum Gasteiger partial charge on any atom is -0.465 e. The molecule has 200 valence electrons. The van der Waals surface area contributed by atoms with Crippen molar-refractivity contribution in [2.75, 3.05) is 19.8 Å². The van der Waals surface area contributed by atoms with Crippen LogP contribution in [0.15, 0.2) is 24.3 Å². The molecular weight excluding hydrogens is 460 g/mol. The first-order valence-electron chi connectivity index (χ1n) is 13.6. The van der Waals surface area contributed by atoms with Gasteiger partial charge in [0, 0.05) is 12.6 Å². The van der Waals surface area contributed by atoms with E-state index in [0.717, 1.165) is 19.3 Å². The van der Waals surface area contributed by atoms with Crippen LogP contribution in [-0.2, 0) is 23.9 Å². The van der Waals surface area contributed by atoms with Gasteiger partial charge in [-0.3, -0.25) is 14.4 Å². The van der Waals surface area contributed by atoms with E-state index in [9.17, 15) is 19.5 Å². The lowest BCUT2D eigenvalue weighted by Crippen LogP contribution is -2.59. The third-order valence-corrected chi connectivity index (χ3v) is 8.32. The van der Waals surface area contributed by atoms with E-state index in [0.29, 0.717) is 26.0 Å². The van der Waals surface area contributed by atoms with Gasteiger partial charge in [0.05, 0.1) is 25.2 Å². The lowest BCUT2D eigenvalue weighted by molar-refractivity contribution is -0.164. The number of likely N-dealkylation sites (tertiary alicyclic amines) is 1. The second-order valence-corrected chi connectivity index (χ2v) is 11.4. The van der Waals surface area contributed by atoms with Crippen LogP contribution >= 0.6 is 0 Å². The highest BCUT2D eigenvalue weighted by Crippen LogP contribution is 2.58. The van der Waals surface area contributed by atoms with Crippen LogP contribution in [-0.4, -0.2) is 81.8 Å². The molecule has 4 heterocycles. The smallest absolute Gasteiger partial charge is 0.313 e. The summed E-state index contributed by atoms with van der Waals surface area (Å²) in [6.07, 6.45) is 11.2. The van der Waals surface area contributed by atoms with Crippen molar-refractivity contribution < 1.29 is 29.0 Å². The van der Waals surface area contributed by atoms with Gasteiger partial charge in [-0.2, -0.15) is 0 Å². The number of aliphatic hydroxyl groups is 1. The van der Waals surface area contributed by atoms with Crippen LogP contribution in [0.2, 0.25) is 0 Å². The molecule has 1 spiro atoms. The summed E-state index contributed by atoms with van der Waals surface area (Å²) in [5.74, 6) is -2.56. The number of hydrogen-bond donors (Lipinski definition) is 1. The number of rotatable bonds is 6. The first-order chi connectivity index (χ1) is 17.1. The van der Waals surface area contributed by atoms with Crippen molar-refractivity contribution in [3.05, 3.63) is 24.3 Å². The van der Waals surface area contributed by atoms with Gasteiger partial charge in [0.1, 0.15) is 23.2 Å². The molecule has 0 aromatic rings. The fourth-order valence-corrected chi connectivity index (χ4v) is 6.67.